The highest BCUT2D eigenvalue weighted by Gasteiger charge is 2.34. The van der Waals surface area contributed by atoms with Crippen LogP contribution in [0.25, 0.3) is 0 Å². The third-order valence-corrected chi connectivity index (χ3v) is 3.12. The summed E-state index contributed by atoms with van der Waals surface area (Å²) in [5, 5.41) is 6.53. The molecule has 1 N–H and O–H groups in total. The van der Waals surface area contributed by atoms with Crippen LogP contribution in [-0.2, 0) is 17.5 Å². The molecule has 6 nitrogen and oxygen atoms in total. The molecule has 24 heavy (non-hydrogen) atoms. The number of aryl methyl sites for hydroxylation is 1. The number of hydrogen-bond acceptors (Lipinski definition) is 4. The summed E-state index contributed by atoms with van der Waals surface area (Å²) in [7, 11) is 0. The van der Waals surface area contributed by atoms with Gasteiger partial charge in [0, 0.05) is 6.42 Å². The van der Waals surface area contributed by atoms with Crippen LogP contribution in [0.4, 0.5) is 13.2 Å². The zero-order valence-corrected chi connectivity index (χ0v) is 13.0. The predicted molar refractivity (Wildman–Crippen MR) is 79.2 cm³/mol. The first-order valence-corrected chi connectivity index (χ1v) is 7.27. The quantitative estimate of drug-likeness (QED) is 0.838. The lowest BCUT2D eigenvalue weighted by Gasteiger charge is -2.18. The van der Waals surface area contributed by atoms with Gasteiger partial charge in [-0.05, 0) is 19.1 Å². The van der Waals surface area contributed by atoms with E-state index in [1.54, 1.807) is 6.92 Å². The monoisotopic (exact) mass is 342 g/mol. The Morgan fingerprint density at radius 1 is 1.38 bits per heavy atom. The van der Waals surface area contributed by atoms with E-state index in [0.717, 1.165) is 6.07 Å². The minimum atomic E-state index is -4.49. The van der Waals surface area contributed by atoms with Crippen LogP contribution in [0.1, 0.15) is 18.9 Å². The predicted octanol–water partition coefficient (Wildman–Crippen LogP) is 2.27. The van der Waals surface area contributed by atoms with Gasteiger partial charge in [-0.2, -0.15) is 18.3 Å². The molecule has 2 aromatic rings. The number of rotatable bonds is 7. The van der Waals surface area contributed by atoms with Gasteiger partial charge >= 0.3 is 6.18 Å². The number of hydrogen-bond donors (Lipinski definition) is 1. The van der Waals surface area contributed by atoms with Crippen molar-refractivity contribution in [2.24, 2.45) is 0 Å². The second-order valence-corrected chi connectivity index (χ2v) is 5.18. The first-order chi connectivity index (χ1) is 11.4. The molecule has 0 saturated heterocycles. The minimum Gasteiger partial charge on any atom is -0.491 e. The molecule has 0 radical (unpaired) electrons. The Hall–Kier alpha value is -2.58. The number of amides is 1. The molecule has 0 unspecified atom stereocenters. The van der Waals surface area contributed by atoms with E-state index >= 15 is 0 Å². The topological polar surface area (TPSA) is 69.0 Å². The average Bonchev–Trinajstić information content (AvgIpc) is 3.04. The molecule has 0 aliphatic carbocycles. The molecule has 0 spiro atoms. The van der Waals surface area contributed by atoms with Crippen molar-refractivity contribution in [1.29, 1.82) is 0 Å². The zero-order chi connectivity index (χ0) is 17.6. The molecule has 1 aromatic heterocycles. The molecule has 1 heterocycles. The van der Waals surface area contributed by atoms with Gasteiger partial charge in [-0.3, -0.25) is 9.48 Å². The second kappa shape index (κ2) is 7.80. The van der Waals surface area contributed by atoms with E-state index in [1.807, 2.05) is 0 Å². The summed E-state index contributed by atoms with van der Waals surface area (Å²) >= 11 is 0. The van der Waals surface area contributed by atoms with Crippen molar-refractivity contribution < 1.29 is 22.7 Å². The molecule has 130 valence electrons. The Kier molecular flexibility index (Phi) is 5.78. The Balaban J connectivity index is 1.81. The van der Waals surface area contributed by atoms with Gasteiger partial charge in [0.2, 0.25) is 5.91 Å². The van der Waals surface area contributed by atoms with Gasteiger partial charge in [-0.25, -0.2) is 4.98 Å². The molecule has 1 amide bonds. The first-order valence-electron chi connectivity index (χ1n) is 7.27. The van der Waals surface area contributed by atoms with Gasteiger partial charge in [-0.15, -0.1) is 0 Å². The van der Waals surface area contributed by atoms with Crippen molar-refractivity contribution >= 4 is 5.91 Å². The van der Waals surface area contributed by atoms with Crippen molar-refractivity contribution in [2.75, 3.05) is 6.61 Å². The van der Waals surface area contributed by atoms with E-state index in [4.69, 9.17) is 4.74 Å². The van der Waals surface area contributed by atoms with Crippen LogP contribution in [0.2, 0.25) is 0 Å². The fraction of sp³-hybridized carbons (Fsp3) is 0.400. The van der Waals surface area contributed by atoms with Crippen molar-refractivity contribution in [2.45, 2.75) is 32.1 Å². The van der Waals surface area contributed by atoms with E-state index in [0.29, 0.717) is 6.54 Å². The smallest absolute Gasteiger partial charge is 0.419 e. The molecule has 1 atom stereocenters. The summed E-state index contributed by atoms with van der Waals surface area (Å²) in [6, 6.07) is 4.53. The lowest BCUT2D eigenvalue weighted by atomic mass is 10.2. The van der Waals surface area contributed by atoms with Gasteiger partial charge in [0.15, 0.2) is 0 Å². The van der Waals surface area contributed by atoms with Crippen molar-refractivity contribution in [3.05, 3.63) is 42.5 Å². The van der Waals surface area contributed by atoms with E-state index < -0.39 is 17.8 Å². The summed E-state index contributed by atoms with van der Waals surface area (Å²) in [6.07, 6.45) is -1.44. The molecule has 0 bridgehead atoms. The van der Waals surface area contributed by atoms with Crippen LogP contribution >= 0.6 is 0 Å². The Morgan fingerprint density at radius 3 is 2.79 bits per heavy atom. The van der Waals surface area contributed by atoms with Crippen LogP contribution < -0.4 is 10.1 Å². The SMILES string of the molecule is C[C@H](COc1ccccc1C(F)(F)F)NC(=O)CCn1cncn1. The summed E-state index contributed by atoms with van der Waals surface area (Å²) in [5.41, 5.74) is -0.838. The van der Waals surface area contributed by atoms with Crippen LogP contribution in [0.15, 0.2) is 36.9 Å². The highest BCUT2D eigenvalue weighted by molar-refractivity contribution is 5.76. The van der Waals surface area contributed by atoms with Gasteiger partial charge in [0.05, 0.1) is 18.2 Å². The van der Waals surface area contributed by atoms with E-state index in [-0.39, 0.29) is 24.7 Å². The Labute approximate surface area is 136 Å². The molecule has 0 aliphatic heterocycles. The third-order valence-electron chi connectivity index (χ3n) is 3.12. The number of halogens is 3. The fourth-order valence-corrected chi connectivity index (χ4v) is 1.99. The maximum atomic E-state index is 12.9. The van der Waals surface area contributed by atoms with Gasteiger partial charge < -0.3 is 10.1 Å². The number of alkyl halides is 3. The maximum absolute atomic E-state index is 12.9. The zero-order valence-electron chi connectivity index (χ0n) is 13.0. The van der Waals surface area contributed by atoms with Crippen molar-refractivity contribution in [3.8, 4) is 5.75 Å². The first kappa shape index (κ1) is 17.8. The number of carbonyl (C=O) groups excluding carboxylic acids is 1. The Morgan fingerprint density at radius 2 is 2.12 bits per heavy atom. The van der Waals surface area contributed by atoms with E-state index in [9.17, 15) is 18.0 Å². The summed E-state index contributed by atoms with van der Waals surface area (Å²) < 4.78 is 45.3. The summed E-state index contributed by atoms with van der Waals surface area (Å²) in [6.45, 7) is 1.96. The molecule has 0 fully saturated rings. The normalized spacial score (nSPS) is 12.7. The highest BCUT2D eigenvalue weighted by Crippen LogP contribution is 2.35. The number of nitrogens with one attached hydrogen (secondary N) is 1. The Bertz CT molecular complexity index is 659. The standard InChI is InChI=1S/C15H17F3N4O2/c1-11(21-14(23)6-7-22-10-19-9-20-22)8-24-13-5-3-2-4-12(13)15(16,17)18/h2-5,9-11H,6-8H2,1H3,(H,21,23)/t11-/m1/s1. The third kappa shape index (κ3) is 5.25. The largest absolute Gasteiger partial charge is 0.491 e. The summed E-state index contributed by atoms with van der Waals surface area (Å²) in [4.78, 5) is 15.5. The fourth-order valence-electron chi connectivity index (χ4n) is 1.99. The highest BCUT2D eigenvalue weighted by atomic mass is 19.4. The molecular weight excluding hydrogens is 325 g/mol. The van der Waals surface area contributed by atoms with Gasteiger partial charge in [0.25, 0.3) is 0 Å². The lowest BCUT2D eigenvalue weighted by Crippen LogP contribution is -2.37. The van der Waals surface area contributed by atoms with Crippen LogP contribution in [-0.4, -0.2) is 33.3 Å². The average molecular weight is 342 g/mol. The number of carbonyl (C=O) groups is 1. The number of aromatic nitrogens is 3. The minimum absolute atomic E-state index is 0.0673. The van der Waals surface area contributed by atoms with E-state index in [2.05, 4.69) is 15.4 Å². The van der Waals surface area contributed by atoms with Crippen LogP contribution in [0.3, 0.4) is 0 Å². The molecule has 2 rings (SSSR count). The van der Waals surface area contributed by atoms with Crippen molar-refractivity contribution in [3.63, 3.8) is 0 Å². The van der Waals surface area contributed by atoms with Crippen LogP contribution in [0, 0.1) is 0 Å². The summed E-state index contributed by atoms with van der Waals surface area (Å²) in [5.74, 6) is -0.501. The number of para-hydroxylation sites is 1. The van der Waals surface area contributed by atoms with Gasteiger partial charge in [0.1, 0.15) is 25.0 Å². The second-order valence-electron chi connectivity index (χ2n) is 5.18. The van der Waals surface area contributed by atoms with Crippen LogP contribution in [0.5, 0.6) is 5.75 Å². The molecule has 0 saturated carbocycles. The number of nitrogens with zero attached hydrogens (tertiary/aromatic N) is 3. The number of ether oxygens (including phenoxy) is 1. The molecule has 0 aliphatic rings. The lowest BCUT2D eigenvalue weighted by molar-refractivity contribution is -0.139. The maximum Gasteiger partial charge on any atom is 0.419 e. The van der Waals surface area contributed by atoms with Crippen molar-refractivity contribution in [1.82, 2.24) is 20.1 Å². The van der Waals surface area contributed by atoms with Gasteiger partial charge in [-0.1, -0.05) is 12.1 Å². The molecule has 1 aromatic carbocycles. The molecule has 9 heteroatoms. The van der Waals surface area contributed by atoms with E-state index in [1.165, 1.54) is 35.5 Å². The number of benzene rings is 1. The molecular formula is C15H17F3N4O2.